The summed E-state index contributed by atoms with van der Waals surface area (Å²) in [5, 5.41) is 14.9. The van der Waals surface area contributed by atoms with Gasteiger partial charge in [0.05, 0.1) is 12.8 Å². The summed E-state index contributed by atoms with van der Waals surface area (Å²) in [6.07, 6.45) is 3.04. The SMILES string of the molecule is O=S(=O)(NCCC1CCOC1)c1[nH]ncc1CO. The number of hydrogen-bond donors (Lipinski definition) is 3. The lowest BCUT2D eigenvalue weighted by atomic mass is 10.1. The molecular formula is C10H17N3O4S. The molecule has 8 heteroatoms. The van der Waals surface area contributed by atoms with Gasteiger partial charge in [0.25, 0.3) is 10.0 Å². The number of hydrogen-bond acceptors (Lipinski definition) is 5. The molecule has 0 aliphatic carbocycles. The zero-order valence-corrected chi connectivity index (χ0v) is 10.7. The van der Waals surface area contributed by atoms with Gasteiger partial charge in [-0.05, 0) is 18.8 Å². The van der Waals surface area contributed by atoms with Gasteiger partial charge in [0.15, 0.2) is 5.03 Å². The molecule has 1 fully saturated rings. The Morgan fingerprint density at radius 1 is 1.61 bits per heavy atom. The van der Waals surface area contributed by atoms with Crippen molar-refractivity contribution >= 4 is 10.0 Å². The van der Waals surface area contributed by atoms with Crippen molar-refractivity contribution in [2.75, 3.05) is 19.8 Å². The Morgan fingerprint density at radius 3 is 3.11 bits per heavy atom. The summed E-state index contributed by atoms with van der Waals surface area (Å²) in [5.74, 6) is 0.423. The fourth-order valence-electron chi connectivity index (χ4n) is 1.93. The molecular weight excluding hydrogens is 258 g/mol. The smallest absolute Gasteiger partial charge is 0.257 e. The van der Waals surface area contributed by atoms with E-state index in [-0.39, 0.29) is 17.2 Å². The quantitative estimate of drug-likeness (QED) is 0.655. The van der Waals surface area contributed by atoms with Crippen molar-refractivity contribution in [3.63, 3.8) is 0 Å². The van der Waals surface area contributed by atoms with Crippen LogP contribution in [-0.2, 0) is 21.4 Å². The molecule has 0 radical (unpaired) electrons. The molecule has 2 rings (SSSR count). The summed E-state index contributed by atoms with van der Waals surface area (Å²) >= 11 is 0. The number of nitrogens with one attached hydrogen (secondary N) is 2. The van der Waals surface area contributed by atoms with Gasteiger partial charge in [-0.2, -0.15) is 5.10 Å². The molecule has 0 saturated carbocycles. The Kier molecular flexibility index (Phi) is 4.33. The Morgan fingerprint density at radius 2 is 2.44 bits per heavy atom. The molecule has 0 amide bonds. The number of aliphatic hydroxyl groups excluding tert-OH is 1. The van der Waals surface area contributed by atoms with Crippen LogP contribution >= 0.6 is 0 Å². The van der Waals surface area contributed by atoms with E-state index in [0.717, 1.165) is 19.4 Å². The van der Waals surface area contributed by atoms with Crippen LogP contribution < -0.4 is 4.72 Å². The molecule has 3 N–H and O–H groups in total. The summed E-state index contributed by atoms with van der Waals surface area (Å²) < 4.78 is 31.6. The van der Waals surface area contributed by atoms with Gasteiger partial charge in [-0.15, -0.1) is 0 Å². The molecule has 1 unspecified atom stereocenters. The molecule has 1 aromatic rings. The fourth-order valence-corrected chi connectivity index (χ4v) is 3.09. The molecule has 1 aromatic heterocycles. The number of H-pyrrole nitrogens is 1. The van der Waals surface area contributed by atoms with E-state index in [9.17, 15) is 8.42 Å². The third-order valence-corrected chi connectivity index (χ3v) is 4.46. The van der Waals surface area contributed by atoms with Gasteiger partial charge in [-0.3, -0.25) is 5.10 Å². The highest BCUT2D eigenvalue weighted by Gasteiger charge is 2.21. The third-order valence-electron chi connectivity index (χ3n) is 2.99. The third kappa shape index (κ3) is 3.08. The molecule has 0 spiro atoms. The number of rotatable bonds is 6. The van der Waals surface area contributed by atoms with E-state index in [1.807, 2.05) is 0 Å². The maximum atomic E-state index is 11.9. The minimum Gasteiger partial charge on any atom is -0.392 e. The predicted octanol–water partition coefficient (Wildman–Crippen LogP) is -0.393. The second kappa shape index (κ2) is 5.79. The molecule has 1 aliphatic heterocycles. The van der Waals surface area contributed by atoms with Gasteiger partial charge in [0.2, 0.25) is 0 Å². The number of nitrogens with zero attached hydrogens (tertiary/aromatic N) is 1. The zero-order valence-electron chi connectivity index (χ0n) is 9.92. The van der Waals surface area contributed by atoms with Crippen molar-refractivity contribution in [3.8, 4) is 0 Å². The highest BCUT2D eigenvalue weighted by atomic mass is 32.2. The molecule has 18 heavy (non-hydrogen) atoms. The number of sulfonamides is 1. The molecule has 1 aliphatic rings. The van der Waals surface area contributed by atoms with Gasteiger partial charge in [0, 0.05) is 25.3 Å². The number of aliphatic hydroxyl groups is 1. The second-order valence-electron chi connectivity index (χ2n) is 4.30. The maximum Gasteiger partial charge on any atom is 0.257 e. The van der Waals surface area contributed by atoms with E-state index >= 15 is 0 Å². The average Bonchev–Trinajstić information content (AvgIpc) is 2.99. The van der Waals surface area contributed by atoms with Crippen LogP contribution in [-0.4, -0.2) is 43.5 Å². The van der Waals surface area contributed by atoms with Crippen molar-refractivity contribution in [3.05, 3.63) is 11.8 Å². The normalized spacial score (nSPS) is 20.4. The monoisotopic (exact) mass is 275 g/mol. The first-order valence-electron chi connectivity index (χ1n) is 5.84. The van der Waals surface area contributed by atoms with Crippen LogP contribution in [0.25, 0.3) is 0 Å². The first kappa shape index (κ1) is 13.5. The van der Waals surface area contributed by atoms with Gasteiger partial charge in [0.1, 0.15) is 0 Å². The van der Waals surface area contributed by atoms with Crippen molar-refractivity contribution < 1.29 is 18.3 Å². The minimum absolute atomic E-state index is 0.0623. The molecule has 1 saturated heterocycles. The fraction of sp³-hybridized carbons (Fsp3) is 0.700. The van der Waals surface area contributed by atoms with Crippen LogP contribution in [0.3, 0.4) is 0 Å². The Labute approximate surface area is 106 Å². The Hall–Kier alpha value is -0.960. The van der Waals surface area contributed by atoms with Crippen LogP contribution in [0.2, 0.25) is 0 Å². The van der Waals surface area contributed by atoms with Crippen molar-refractivity contribution in [1.82, 2.24) is 14.9 Å². The van der Waals surface area contributed by atoms with Crippen molar-refractivity contribution in [2.45, 2.75) is 24.5 Å². The van der Waals surface area contributed by atoms with Crippen LogP contribution in [0.1, 0.15) is 18.4 Å². The summed E-state index contributed by atoms with van der Waals surface area (Å²) in [7, 11) is -3.62. The van der Waals surface area contributed by atoms with Crippen LogP contribution in [0, 0.1) is 5.92 Å². The van der Waals surface area contributed by atoms with Gasteiger partial charge >= 0.3 is 0 Å². The standard InChI is InChI=1S/C10H17N3O4S/c14-6-9-5-11-13-10(9)18(15,16)12-3-1-8-2-4-17-7-8/h5,8,12,14H,1-4,6-7H2,(H,11,13). The summed E-state index contributed by atoms with van der Waals surface area (Å²) in [6, 6.07) is 0. The molecule has 0 bridgehead atoms. The Bertz CT molecular complexity index is 479. The highest BCUT2D eigenvalue weighted by molar-refractivity contribution is 7.89. The number of aromatic nitrogens is 2. The lowest BCUT2D eigenvalue weighted by Crippen LogP contribution is -2.27. The van der Waals surface area contributed by atoms with Crippen LogP contribution in [0.15, 0.2) is 11.2 Å². The molecule has 102 valence electrons. The number of ether oxygens (including phenoxy) is 1. The Balaban J connectivity index is 1.91. The van der Waals surface area contributed by atoms with E-state index in [2.05, 4.69) is 14.9 Å². The van der Waals surface area contributed by atoms with E-state index in [0.29, 0.717) is 19.1 Å². The minimum atomic E-state index is -3.62. The first-order chi connectivity index (χ1) is 8.63. The second-order valence-corrected chi connectivity index (χ2v) is 6.00. The van der Waals surface area contributed by atoms with Crippen LogP contribution in [0.4, 0.5) is 0 Å². The summed E-state index contributed by atoms with van der Waals surface area (Å²) in [4.78, 5) is 0. The summed E-state index contributed by atoms with van der Waals surface area (Å²) in [6.45, 7) is 1.46. The lowest BCUT2D eigenvalue weighted by Gasteiger charge is -2.09. The maximum absolute atomic E-state index is 11.9. The van der Waals surface area contributed by atoms with Gasteiger partial charge in [-0.1, -0.05) is 0 Å². The summed E-state index contributed by atoms with van der Waals surface area (Å²) in [5.41, 5.74) is 0.270. The van der Waals surface area contributed by atoms with Crippen molar-refractivity contribution in [1.29, 1.82) is 0 Å². The van der Waals surface area contributed by atoms with Gasteiger partial charge in [-0.25, -0.2) is 13.1 Å². The van der Waals surface area contributed by atoms with Crippen LogP contribution in [0.5, 0.6) is 0 Å². The predicted molar refractivity (Wildman–Crippen MR) is 63.2 cm³/mol. The molecule has 2 heterocycles. The molecule has 0 aromatic carbocycles. The molecule has 7 nitrogen and oxygen atoms in total. The number of aromatic amines is 1. The molecule has 1 atom stereocenters. The first-order valence-corrected chi connectivity index (χ1v) is 7.32. The average molecular weight is 275 g/mol. The topological polar surface area (TPSA) is 104 Å². The zero-order chi connectivity index (χ0) is 13.0. The van der Waals surface area contributed by atoms with E-state index in [1.54, 1.807) is 0 Å². The van der Waals surface area contributed by atoms with Crippen molar-refractivity contribution in [2.24, 2.45) is 5.92 Å². The van der Waals surface area contributed by atoms with E-state index in [1.165, 1.54) is 6.20 Å². The van der Waals surface area contributed by atoms with Gasteiger partial charge < -0.3 is 9.84 Å². The lowest BCUT2D eigenvalue weighted by molar-refractivity contribution is 0.184. The largest absolute Gasteiger partial charge is 0.392 e. The van der Waals surface area contributed by atoms with E-state index in [4.69, 9.17) is 9.84 Å². The van der Waals surface area contributed by atoms with E-state index < -0.39 is 10.0 Å². The highest BCUT2D eigenvalue weighted by Crippen LogP contribution is 2.16.